The van der Waals surface area contributed by atoms with Crippen LogP contribution in [-0.4, -0.2) is 42.6 Å². The maximum absolute atomic E-state index is 12.4. The third kappa shape index (κ3) is 3.81. The van der Waals surface area contributed by atoms with E-state index in [1.807, 2.05) is 38.1 Å². The number of hydrogen-bond acceptors (Lipinski definition) is 4. The molecule has 0 bridgehead atoms. The molecule has 2 rings (SSSR count). The molecule has 120 valence electrons. The quantitative estimate of drug-likeness (QED) is 0.820. The summed E-state index contributed by atoms with van der Waals surface area (Å²) in [6.45, 7) is 9.11. The van der Waals surface area contributed by atoms with Gasteiger partial charge in [-0.15, -0.1) is 0 Å². The zero-order chi connectivity index (χ0) is 16.1. The van der Waals surface area contributed by atoms with Gasteiger partial charge < -0.3 is 5.32 Å². The van der Waals surface area contributed by atoms with Gasteiger partial charge in [-0.1, -0.05) is 32.0 Å². The molecular formula is C18H26N2O2. The summed E-state index contributed by atoms with van der Waals surface area (Å²) in [6, 6.07) is 7.37. The molecule has 1 aromatic carbocycles. The molecular weight excluding hydrogens is 276 g/mol. The lowest BCUT2D eigenvalue weighted by Gasteiger charge is -2.33. The third-order valence-electron chi connectivity index (χ3n) is 4.45. The van der Waals surface area contributed by atoms with E-state index in [9.17, 15) is 9.59 Å². The van der Waals surface area contributed by atoms with E-state index < -0.39 is 0 Å². The molecule has 0 amide bonds. The van der Waals surface area contributed by atoms with E-state index in [-0.39, 0.29) is 23.5 Å². The summed E-state index contributed by atoms with van der Waals surface area (Å²) in [4.78, 5) is 26.8. The first-order chi connectivity index (χ1) is 10.5. The predicted octanol–water partition coefficient (Wildman–Crippen LogP) is 2.45. The number of piperazine rings is 1. The Kier molecular flexibility index (Phi) is 5.86. The molecule has 0 aliphatic carbocycles. The summed E-state index contributed by atoms with van der Waals surface area (Å²) in [5, 5.41) is 3.31. The maximum atomic E-state index is 12.4. The normalized spacial score (nSPS) is 18.7. The number of rotatable bonds is 6. The number of hydrogen-bond donors (Lipinski definition) is 1. The largest absolute Gasteiger partial charge is 0.314 e. The van der Waals surface area contributed by atoms with Gasteiger partial charge in [0.25, 0.3) is 0 Å². The number of Topliss-reactive ketones (excluding diaryl/α,β-unsaturated/α-hetero) is 2. The number of carbonyl (C=O) groups excluding carboxylic acids is 2. The average Bonchev–Trinajstić information content (AvgIpc) is 2.54. The lowest BCUT2D eigenvalue weighted by Crippen LogP contribution is -2.46. The Morgan fingerprint density at radius 3 is 2.55 bits per heavy atom. The third-order valence-corrected chi connectivity index (χ3v) is 4.45. The van der Waals surface area contributed by atoms with E-state index in [1.165, 1.54) is 0 Å². The Bertz CT molecular complexity index is 536. The van der Waals surface area contributed by atoms with Crippen LogP contribution in [0.15, 0.2) is 24.3 Å². The van der Waals surface area contributed by atoms with Crippen molar-refractivity contribution in [1.82, 2.24) is 10.2 Å². The van der Waals surface area contributed by atoms with Crippen LogP contribution in [0, 0.1) is 5.92 Å². The minimum absolute atomic E-state index is 0.0187. The Labute approximate surface area is 132 Å². The van der Waals surface area contributed by atoms with Gasteiger partial charge in [0, 0.05) is 37.7 Å². The molecule has 1 aliphatic rings. The lowest BCUT2D eigenvalue weighted by atomic mass is 9.93. The van der Waals surface area contributed by atoms with Gasteiger partial charge in [0.2, 0.25) is 0 Å². The van der Waals surface area contributed by atoms with Crippen molar-refractivity contribution in [2.45, 2.75) is 33.2 Å². The van der Waals surface area contributed by atoms with E-state index >= 15 is 0 Å². The first-order valence-electron chi connectivity index (χ1n) is 8.14. The second-order valence-electron chi connectivity index (χ2n) is 6.10. The molecule has 1 aromatic rings. The molecule has 1 N–H and O–H groups in total. The molecule has 0 saturated carbocycles. The van der Waals surface area contributed by atoms with Crippen LogP contribution in [0.4, 0.5) is 0 Å². The molecule has 22 heavy (non-hydrogen) atoms. The van der Waals surface area contributed by atoms with Crippen molar-refractivity contribution in [1.29, 1.82) is 0 Å². The van der Waals surface area contributed by atoms with Crippen molar-refractivity contribution < 1.29 is 9.59 Å². The van der Waals surface area contributed by atoms with Crippen LogP contribution in [0.5, 0.6) is 0 Å². The zero-order valence-electron chi connectivity index (χ0n) is 13.8. The van der Waals surface area contributed by atoms with Crippen LogP contribution < -0.4 is 5.32 Å². The number of benzene rings is 1. The van der Waals surface area contributed by atoms with Gasteiger partial charge in [-0.3, -0.25) is 14.5 Å². The lowest BCUT2D eigenvalue weighted by molar-refractivity contribution is -0.122. The van der Waals surface area contributed by atoms with E-state index in [1.54, 1.807) is 6.92 Å². The minimum Gasteiger partial charge on any atom is -0.314 e. The Morgan fingerprint density at radius 1 is 1.27 bits per heavy atom. The highest BCUT2D eigenvalue weighted by Gasteiger charge is 2.26. The molecule has 0 aromatic heterocycles. The average molecular weight is 302 g/mol. The van der Waals surface area contributed by atoms with Crippen molar-refractivity contribution >= 4 is 11.6 Å². The van der Waals surface area contributed by atoms with Gasteiger partial charge >= 0.3 is 0 Å². The monoisotopic (exact) mass is 302 g/mol. The molecule has 2 atom stereocenters. The molecule has 1 saturated heterocycles. The zero-order valence-corrected chi connectivity index (χ0v) is 13.8. The highest BCUT2D eigenvalue weighted by atomic mass is 16.1. The highest BCUT2D eigenvalue weighted by molar-refractivity contribution is 5.98. The van der Waals surface area contributed by atoms with Crippen LogP contribution in [0.3, 0.4) is 0 Å². The molecule has 0 radical (unpaired) electrons. The first-order valence-corrected chi connectivity index (χ1v) is 8.14. The molecule has 4 heteroatoms. The summed E-state index contributed by atoms with van der Waals surface area (Å²) in [5.74, 6) is 0.312. The van der Waals surface area contributed by atoms with Crippen LogP contribution in [0.1, 0.15) is 49.2 Å². The van der Waals surface area contributed by atoms with Crippen molar-refractivity contribution in [2.24, 2.45) is 5.92 Å². The summed E-state index contributed by atoms with van der Waals surface area (Å²) in [6.07, 6.45) is 0.830. The number of ketones is 2. The van der Waals surface area contributed by atoms with Crippen molar-refractivity contribution in [2.75, 3.05) is 26.2 Å². The summed E-state index contributed by atoms with van der Waals surface area (Å²) < 4.78 is 0. The number of carbonyl (C=O) groups is 2. The summed E-state index contributed by atoms with van der Waals surface area (Å²) in [5.41, 5.74) is 1.65. The van der Waals surface area contributed by atoms with Crippen LogP contribution in [-0.2, 0) is 4.79 Å². The fraction of sp³-hybridized carbons (Fsp3) is 0.556. The maximum Gasteiger partial charge on any atom is 0.165 e. The van der Waals surface area contributed by atoms with Gasteiger partial charge in [0.05, 0.1) is 6.04 Å². The fourth-order valence-corrected chi connectivity index (χ4v) is 2.97. The summed E-state index contributed by atoms with van der Waals surface area (Å²) in [7, 11) is 0. The highest BCUT2D eigenvalue weighted by Crippen LogP contribution is 2.24. The number of nitrogens with one attached hydrogen (secondary N) is 1. The van der Waals surface area contributed by atoms with E-state index in [0.29, 0.717) is 5.56 Å². The van der Waals surface area contributed by atoms with Gasteiger partial charge in [0.1, 0.15) is 0 Å². The molecule has 2 unspecified atom stereocenters. The molecule has 1 heterocycles. The van der Waals surface area contributed by atoms with Gasteiger partial charge in [-0.05, 0) is 25.0 Å². The molecule has 1 aliphatic heterocycles. The van der Waals surface area contributed by atoms with E-state index in [2.05, 4.69) is 10.2 Å². The van der Waals surface area contributed by atoms with Crippen molar-refractivity contribution in [3.63, 3.8) is 0 Å². The molecule has 0 spiro atoms. The van der Waals surface area contributed by atoms with Crippen molar-refractivity contribution in [3.8, 4) is 0 Å². The number of nitrogens with zero attached hydrogens (tertiary/aromatic N) is 1. The van der Waals surface area contributed by atoms with E-state index in [0.717, 1.165) is 38.2 Å². The second-order valence-corrected chi connectivity index (χ2v) is 6.10. The van der Waals surface area contributed by atoms with E-state index in [4.69, 9.17) is 0 Å². The minimum atomic E-state index is -0.244. The Hall–Kier alpha value is -1.52. The predicted molar refractivity (Wildman–Crippen MR) is 88.1 cm³/mol. The Balaban J connectivity index is 2.28. The SMILES string of the molecule is CCC(C)C(=O)c1cccc(C(C(C)=O)N2CCNCC2)c1. The van der Waals surface area contributed by atoms with Crippen LogP contribution in [0.2, 0.25) is 0 Å². The molecule has 4 nitrogen and oxygen atoms in total. The topological polar surface area (TPSA) is 49.4 Å². The van der Waals surface area contributed by atoms with Gasteiger partial charge in [-0.2, -0.15) is 0 Å². The van der Waals surface area contributed by atoms with Crippen LogP contribution >= 0.6 is 0 Å². The fourth-order valence-electron chi connectivity index (χ4n) is 2.97. The second kappa shape index (κ2) is 7.65. The molecule has 1 fully saturated rings. The first kappa shape index (κ1) is 16.8. The standard InChI is InChI=1S/C18H26N2O2/c1-4-13(2)18(22)16-7-5-6-15(12-16)17(14(3)21)20-10-8-19-9-11-20/h5-7,12-13,17,19H,4,8-11H2,1-3H3. The smallest absolute Gasteiger partial charge is 0.165 e. The van der Waals surface area contributed by atoms with Crippen LogP contribution in [0.25, 0.3) is 0 Å². The van der Waals surface area contributed by atoms with Crippen molar-refractivity contribution in [3.05, 3.63) is 35.4 Å². The van der Waals surface area contributed by atoms with Gasteiger partial charge in [-0.25, -0.2) is 0 Å². The van der Waals surface area contributed by atoms with Gasteiger partial charge in [0.15, 0.2) is 11.6 Å². The Morgan fingerprint density at radius 2 is 1.95 bits per heavy atom. The summed E-state index contributed by atoms with van der Waals surface area (Å²) >= 11 is 0.